The van der Waals surface area contributed by atoms with Crippen LogP contribution in [0.3, 0.4) is 0 Å². The highest BCUT2D eigenvalue weighted by atomic mass is 16.1. The summed E-state index contributed by atoms with van der Waals surface area (Å²) in [6, 6.07) is 18.0. The van der Waals surface area contributed by atoms with E-state index in [9.17, 15) is 4.79 Å². The Morgan fingerprint density at radius 2 is 1.73 bits per heavy atom. The molecular weight excluding hydrogens is 272 g/mol. The van der Waals surface area contributed by atoms with E-state index < -0.39 is 0 Å². The van der Waals surface area contributed by atoms with Gasteiger partial charge in [0.2, 0.25) is 0 Å². The topological polar surface area (TPSA) is 55.1 Å². The zero-order valence-corrected chi connectivity index (χ0v) is 13.3. The Morgan fingerprint density at radius 3 is 2.32 bits per heavy atom. The summed E-state index contributed by atoms with van der Waals surface area (Å²) in [5, 5.41) is 3.29. The molecule has 3 heteroatoms. The van der Waals surface area contributed by atoms with Crippen LogP contribution in [0, 0.1) is 6.92 Å². The Morgan fingerprint density at radius 1 is 1.09 bits per heavy atom. The number of carbonyl (C=O) groups excluding carboxylic acids is 1. The fourth-order valence-electron chi connectivity index (χ4n) is 2.49. The summed E-state index contributed by atoms with van der Waals surface area (Å²) in [6.45, 7) is 4.32. The van der Waals surface area contributed by atoms with E-state index in [1.165, 1.54) is 5.56 Å². The van der Waals surface area contributed by atoms with E-state index in [0.717, 1.165) is 11.1 Å². The molecule has 2 aromatic rings. The molecule has 0 aliphatic carbocycles. The van der Waals surface area contributed by atoms with Crippen LogP contribution in [0.1, 0.15) is 29.7 Å². The monoisotopic (exact) mass is 296 g/mol. The first-order valence-corrected chi connectivity index (χ1v) is 7.67. The van der Waals surface area contributed by atoms with Gasteiger partial charge in [-0.15, -0.1) is 0 Å². The molecule has 0 heterocycles. The lowest BCUT2D eigenvalue weighted by atomic mass is 10.0. The van der Waals surface area contributed by atoms with E-state index in [2.05, 4.69) is 5.32 Å². The highest BCUT2D eigenvalue weighted by Crippen LogP contribution is 2.15. The standard InChI is InChI=1S/C19H24N2O/c1-14-8-10-16(11-9-14)12-18(22)13-21-19(15(2)20)17-6-4-3-5-7-17/h3-11,15,19,21H,12-13,20H2,1-2H3. The van der Waals surface area contributed by atoms with Crippen molar-refractivity contribution >= 4 is 5.78 Å². The van der Waals surface area contributed by atoms with E-state index in [0.29, 0.717) is 13.0 Å². The second-order valence-electron chi connectivity index (χ2n) is 5.83. The van der Waals surface area contributed by atoms with Crippen molar-refractivity contribution in [2.24, 2.45) is 5.73 Å². The largest absolute Gasteiger partial charge is 0.326 e. The smallest absolute Gasteiger partial charge is 0.150 e. The van der Waals surface area contributed by atoms with Gasteiger partial charge in [-0.05, 0) is 25.0 Å². The molecule has 2 atom stereocenters. The number of hydrogen-bond donors (Lipinski definition) is 2. The summed E-state index contributed by atoms with van der Waals surface area (Å²) in [6.07, 6.45) is 0.452. The molecule has 0 bridgehead atoms. The molecule has 0 radical (unpaired) electrons. The SMILES string of the molecule is Cc1ccc(CC(=O)CNC(c2ccccc2)C(C)N)cc1. The van der Waals surface area contributed by atoms with Gasteiger partial charge in [-0.2, -0.15) is 0 Å². The Hall–Kier alpha value is -1.97. The Labute approximate surface area is 132 Å². The van der Waals surface area contributed by atoms with Crippen LogP contribution in [0.15, 0.2) is 54.6 Å². The van der Waals surface area contributed by atoms with Crippen LogP contribution in [0.4, 0.5) is 0 Å². The van der Waals surface area contributed by atoms with Crippen molar-refractivity contribution in [3.8, 4) is 0 Å². The Balaban J connectivity index is 1.92. The summed E-state index contributed by atoms with van der Waals surface area (Å²) in [4.78, 5) is 12.2. The van der Waals surface area contributed by atoms with Crippen LogP contribution in [0.2, 0.25) is 0 Å². The van der Waals surface area contributed by atoms with Gasteiger partial charge in [0.15, 0.2) is 5.78 Å². The lowest BCUT2D eigenvalue weighted by molar-refractivity contribution is -0.117. The van der Waals surface area contributed by atoms with Crippen molar-refractivity contribution in [3.63, 3.8) is 0 Å². The van der Waals surface area contributed by atoms with Crippen LogP contribution in [-0.2, 0) is 11.2 Å². The molecule has 3 nitrogen and oxygen atoms in total. The van der Waals surface area contributed by atoms with E-state index in [1.54, 1.807) is 0 Å². The summed E-state index contributed by atoms with van der Waals surface area (Å²) in [5.41, 5.74) is 9.42. The van der Waals surface area contributed by atoms with Crippen molar-refractivity contribution in [1.82, 2.24) is 5.32 Å². The molecule has 2 unspecified atom stereocenters. The fraction of sp³-hybridized carbons (Fsp3) is 0.316. The molecule has 0 amide bonds. The van der Waals surface area contributed by atoms with Crippen LogP contribution in [0.5, 0.6) is 0 Å². The van der Waals surface area contributed by atoms with Gasteiger partial charge in [-0.1, -0.05) is 60.2 Å². The molecule has 3 N–H and O–H groups in total. The highest BCUT2D eigenvalue weighted by molar-refractivity contribution is 5.82. The maximum Gasteiger partial charge on any atom is 0.150 e. The number of ketones is 1. The Kier molecular flexibility index (Phi) is 5.87. The van der Waals surface area contributed by atoms with Gasteiger partial charge in [-0.3, -0.25) is 4.79 Å². The molecule has 0 aliphatic heterocycles. The van der Waals surface area contributed by atoms with Crippen molar-refractivity contribution in [2.75, 3.05) is 6.54 Å². The second-order valence-corrected chi connectivity index (χ2v) is 5.83. The molecule has 0 saturated heterocycles. The molecule has 116 valence electrons. The van der Waals surface area contributed by atoms with Gasteiger partial charge < -0.3 is 11.1 Å². The average molecular weight is 296 g/mol. The summed E-state index contributed by atoms with van der Waals surface area (Å²) in [5.74, 6) is 0.172. The number of benzene rings is 2. The first kappa shape index (κ1) is 16.4. The van der Waals surface area contributed by atoms with Crippen LogP contribution >= 0.6 is 0 Å². The van der Waals surface area contributed by atoms with Crippen molar-refractivity contribution in [3.05, 3.63) is 71.3 Å². The van der Waals surface area contributed by atoms with Crippen molar-refractivity contribution < 1.29 is 4.79 Å². The molecule has 2 aromatic carbocycles. The first-order chi connectivity index (χ1) is 10.6. The molecule has 0 spiro atoms. The molecule has 0 aromatic heterocycles. The normalized spacial score (nSPS) is 13.6. The van der Waals surface area contributed by atoms with Gasteiger partial charge in [0.25, 0.3) is 0 Å². The number of nitrogens with one attached hydrogen (secondary N) is 1. The minimum atomic E-state index is -0.0606. The van der Waals surface area contributed by atoms with Gasteiger partial charge in [0, 0.05) is 18.5 Å². The first-order valence-electron chi connectivity index (χ1n) is 7.67. The molecule has 0 aliphatic rings. The lowest BCUT2D eigenvalue weighted by Crippen LogP contribution is -2.38. The maximum atomic E-state index is 12.2. The molecule has 0 fully saturated rings. The number of hydrogen-bond acceptors (Lipinski definition) is 3. The van der Waals surface area contributed by atoms with E-state index in [1.807, 2.05) is 68.4 Å². The number of rotatable bonds is 7. The second kappa shape index (κ2) is 7.87. The molecular formula is C19H24N2O. The van der Waals surface area contributed by atoms with E-state index >= 15 is 0 Å². The van der Waals surface area contributed by atoms with Gasteiger partial charge in [0.05, 0.1) is 6.54 Å². The third-order valence-corrected chi connectivity index (χ3v) is 3.73. The van der Waals surface area contributed by atoms with E-state index in [4.69, 9.17) is 5.73 Å². The number of Topliss-reactive ketones (excluding diaryl/α,β-unsaturated/α-hetero) is 1. The van der Waals surface area contributed by atoms with Crippen molar-refractivity contribution in [1.29, 1.82) is 0 Å². The highest BCUT2D eigenvalue weighted by Gasteiger charge is 2.16. The zero-order chi connectivity index (χ0) is 15.9. The maximum absolute atomic E-state index is 12.2. The lowest BCUT2D eigenvalue weighted by Gasteiger charge is -2.22. The van der Waals surface area contributed by atoms with E-state index in [-0.39, 0.29) is 17.9 Å². The molecule has 22 heavy (non-hydrogen) atoms. The van der Waals surface area contributed by atoms with Crippen LogP contribution in [0.25, 0.3) is 0 Å². The third kappa shape index (κ3) is 4.79. The number of carbonyl (C=O) groups is 1. The van der Waals surface area contributed by atoms with Crippen molar-refractivity contribution in [2.45, 2.75) is 32.4 Å². The van der Waals surface area contributed by atoms with Crippen LogP contribution in [-0.4, -0.2) is 18.4 Å². The van der Waals surface area contributed by atoms with Gasteiger partial charge in [-0.25, -0.2) is 0 Å². The summed E-state index contributed by atoms with van der Waals surface area (Å²) >= 11 is 0. The van der Waals surface area contributed by atoms with Crippen LogP contribution < -0.4 is 11.1 Å². The average Bonchev–Trinajstić information content (AvgIpc) is 2.50. The fourth-order valence-corrected chi connectivity index (χ4v) is 2.49. The Bertz CT molecular complexity index is 591. The number of aryl methyl sites for hydroxylation is 1. The van der Waals surface area contributed by atoms with Gasteiger partial charge >= 0.3 is 0 Å². The predicted molar refractivity (Wildman–Crippen MR) is 90.7 cm³/mol. The number of nitrogens with two attached hydrogens (primary N) is 1. The third-order valence-electron chi connectivity index (χ3n) is 3.73. The van der Waals surface area contributed by atoms with Gasteiger partial charge in [0.1, 0.15) is 0 Å². The predicted octanol–water partition coefficient (Wildman–Crippen LogP) is 2.78. The minimum absolute atomic E-state index is 0.0110. The zero-order valence-electron chi connectivity index (χ0n) is 13.3. The minimum Gasteiger partial charge on any atom is -0.326 e. The quantitative estimate of drug-likeness (QED) is 0.826. The molecule has 2 rings (SSSR count). The summed E-state index contributed by atoms with van der Waals surface area (Å²) in [7, 11) is 0. The summed E-state index contributed by atoms with van der Waals surface area (Å²) < 4.78 is 0. The molecule has 0 saturated carbocycles.